The third-order valence-electron chi connectivity index (χ3n) is 4.17. The minimum atomic E-state index is 0.897. The van der Waals surface area contributed by atoms with Gasteiger partial charge in [0.1, 0.15) is 0 Å². The molecule has 1 aliphatic heterocycles. The van der Waals surface area contributed by atoms with Gasteiger partial charge in [-0.2, -0.15) is 0 Å². The van der Waals surface area contributed by atoms with Gasteiger partial charge in [0.25, 0.3) is 0 Å². The first kappa shape index (κ1) is 16.0. The molecule has 0 amide bonds. The van der Waals surface area contributed by atoms with Gasteiger partial charge in [-0.25, -0.2) is 0 Å². The Bertz CT molecular complexity index is 180. The van der Waals surface area contributed by atoms with Crippen molar-refractivity contribution in [3.8, 4) is 0 Å². The summed E-state index contributed by atoms with van der Waals surface area (Å²) in [4.78, 5) is 2.69. The van der Waals surface area contributed by atoms with Crippen LogP contribution in [0, 0.1) is 5.92 Å². The molecule has 2 nitrogen and oxygen atoms in total. The Morgan fingerprint density at radius 3 is 2.50 bits per heavy atom. The highest BCUT2D eigenvalue weighted by Gasteiger charge is 2.18. The average Bonchev–Trinajstić information content (AvgIpc) is 2.39. The Kier molecular flexibility index (Phi) is 9.59. The lowest BCUT2D eigenvalue weighted by Crippen LogP contribution is -2.39. The van der Waals surface area contributed by atoms with E-state index in [1.807, 2.05) is 0 Å². The molecule has 1 heterocycles. The first-order valence-electron chi connectivity index (χ1n) is 8.23. The van der Waals surface area contributed by atoms with Crippen molar-refractivity contribution in [1.29, 1.82) is 0 Å². The Balaban J connectivity index is 1.94. The molecule has 1 rings (SSSR count). The molecule has 18 heavy (non-hydrogen) atoms. The number of nitrogens with one attached hydrogen (secondary N) is 1. The standard InChI is InChI=1S/C16H34N2/c1-3-4-5-6-7-8-9-12-18-13-10-11-16(15-18)14-17-2/h16-17H,3-15H2,1-2H3. The van der Waals surface area contributed by atoms with Crippen molar-refractivity contribution < 1.29 is 0 Å². The molecule has 0 aromatic rings. The molecule has 108 valence electrons. The van der Waals surface area contributed by atoms with Crippen molar-refractivity contribution in [2.75, 3.05) is 33.2 Å². The average molecular weight is 254 g/mol. The van der Waals surface area contributed by atoms with Crippen LogP contribution >= 0.6 is 0 Å². The van der Waals surface area contributed by atoms with Gasteiger partial charge in [-0.3, -0.25) is 0 Å². The second-order valence-corrected chi connectivity index (χ2v) is 5.99. The first-order chi connectivity index (χ1) is 8.86. The van der Waals surface area contributed by atoms with Crippen LogP contribution in [0.3, 0.4) is 0 Å². The summed E-state index contributed by atoms with van der Waals surface area (Å²) in [7, 11) is 2.08. The minimum Gasteiger partial charge on any atom is -0.319 e. The topological polar surface area (TPSA) is 15.3 Å². The molecular formula is C16H34N2. The van der Waals surface area contributed by atoms with E-state index in [1.165, 1.54) is 84.0 Å². The zero-order chi connectivity index (χ0) is 13.1. The number of rotatable bonds is 10. The number of likely N-dealkylation sites (tertiary alicyclic amines) is 1. The van der Waals surface area contributed by atoms with E-state index in [-0.39, 0.29) is 0 Å². The SMILES string of the molecule is CCCCCCCCCN1CCCC(CNC)C1. The molecule has 1 unspecified atom stereocenters. The fraction of sp³-hybridized carbons (Fsp3) is 1.00. The van der Waals surface area contributed by atoms with Crippen LogP contribution in [0.25, 0.3) is 0 Å². The highest BCUT2D eigenvalue weighted by atomic mass is 15.1. The van der Waals surface area contributed by atoms with Gasteiger partial charge in [-0.05, 0) is 51.9 Å². The van der Waals surface area contributed by atoms with Crippen LogP contribution < -0.4 is 5.32 Å². The summed E-state index contributed by atoms with van der Waals surface area (Å²) in [5.74, 6) is 0.897. The lowest BCUT2D eigenvalue weighted by atomic mass is 9.97. The van der Waals surface area contributed by atoms with Crippen LogP contribution in [0.5, 0.6) is 0 Å². The predicted octanol–water partition coefficient (Wildman–Crippen LogP) is 3.67. The summed E-state index contributed by atoms with van der Waals surface area (Å²) in [5.41, 5.74) is 0. The zero-order valence-electron chi connectivity index (χ0n) is 12.7. The molecule has 2 heteroatoms. The van der Waals surface area contributed by atoms with Crippen LogP contribution in [0.2, 0.25) is 0 Å². The van der Waals surface area contributed by atoms with E-state index in [0.717, 1.165) is 5.92 Å². The molecule has 0 aromatic carbocycles. The van der Waals surface area contributed by atoms with Crippen molar-refractivity contribution in [2.45, 2.75) is 64.7 Å². The molecule has 1 N–H and O–H groups in total. The fourth-order valence-electron chi connectivity index (χ4n) is 3.10. The summed E-state index contributed by atoms with van der Waals surface area (Å²) in [6, 6.07) is 0. The molecule has 1 saturated heterocycles. The van der Waals surface area contributed by atoms with E-state index in [2.05, 4.69) is 24.2 Å². The minimum absolute atomic E-state index is 0.897. The van der Waals surface area contributed by atoms with Gasteiger partial charge in [0.2, 0.25) is 0 Å². The molecule has 1 atom stereocenters. The molecule has 0 radical (unpaired) electrons. The van der Waals surface area contributed by atoms with E-state index >= 15 is 0 Å². The fourth-order valence-corrected chi connectivity index (χ4v) is 3.10. The summed E-state index contributed by atoms with van der Waals surface area (Å²) in [6.45, 7) is 7.51. The lowest BCUT2D eigenvalue weighted by molar-refractivity contribution is 0.171. The van der Waals surface area contributed by atoms with E-state index in [1.54, 1.807) is 0 Å². The van der Waals surface area contributed by atoms with E-state index in [0.29, 0.717) is 0 Å². The summed E-state index contributed by atoms with van der Waals surface area (Å²) in [5, 5.41) is 3.33. The maximum atomic E-state index is 3.33. The lowest BCUT2D eigenvalue weighted by Gasteiger charge is -2.32. The second-order valence-electron chi connectivity index (χ2n) is 5.99. The normalized spacial score (nSPS) is 21.3. The Labute approximate surface area is 115 Å². The van der Waals surface area contributed by atoms with Gasteiger partial charge in [0.05, 0.1) is 0 Å². The van der Waals surface area contributed by atoms with Gasteiger partial charge >= 0.3 is 0 Å². The van der Waals surface area contributed by atoms with E-state index < -0.39 is 0 Å². The van der Waals surface area contributed by atoms with Crippen LogP contribution in [0.15, 0.2) is 0 Å². The van der Waals surface area contributed by atoms with Crippen LogP contribution in [-0.2, 0) is 0 Å². The quantitative estimate of drug-likeness (QED) is 0.598. The van der Waals surface area contributed by atoms with Gasteiger partial charge in [0, 0.05) is 6.54 Å². The van der Waals surface area contributed by atoms with Crippen LogP contribution in [0.4, 0.5) is 0 Å². The van der Waals surface area contributed by atoms with Gasteiger partial charge in [0.15, 0.2) is 0 Å². The van der Waals surface area contributed by atoms with Crippen molar-refractivity contribution in [3.63, 3.8) is 0 Å². The molecule has 0 aliphatic carbocycles. The first-order valence-corrected chi connectivity index (χ1v) is 8.23. The largest absolute Gasteiger partial charge is 0.319 e. The zero-order valence-corrected chi connectivity index (χ0v) is 12.7. The highest BCUT2D eigenvalue weighted by Crippen LogP contribution is 2.16. The maximum absolute atomic E-state index is 3.33. The number of piperidine rings is 1. The van der Waals surface area contributed by atoms with Crippen molar-refractivity contribution in [3.05, 3.63) is 0 Å². The number of hydrogen-bond acceptors (Lipinski definition) is 2. The third-order valence-corrected chi connectivity index (χ3v) is 4.17. The number of hydrogen-bond donors (Lipinski definition) is 1. The van der Waals surface area contributed by atoms with Crippen LogP contribution in [0.1, 0.15) is 64.7 Å². The van der Waals surface area contributed by atoms with Crippen molar-refractivity contribution in [2.24, 2.45) is 5.92 Å². The Morgan fingerprint density at radius 2 is 1.78 bits per heavy atom. The van der Waals surface area contributed by atoms with E-state index in [9.17, 15) is 0 Å². The molecule has 0 aromatic heterocycles. The molecule has 0 bridgehead atoms. The summed E-state index contributed by atoms with van der Waals surface area (Å²) < 4.78 is 0. The molecule has 1 aliphatic rings. The molecular weight excluding hydrogens is 220 g/mol. The maximum Gasteiger partial charge on any atom is 0.00218 e. The van der Waals surface area contributed by atoms with Gasteiger partial charge < -0.3 is 10.2 Å². The number of nitrogens with zero attached hydrogens (tertiary/aromatic N) is 1. The molecule has 0 spiro atoms. The third kappa shape index (κ3) is 7.38. The van der Waals surface area contributed by atoms with Gasteiger partial charge in [-0.1, -0.05) is 45.4 Å². The van der Waals surface area contributed by atoms with Gasteiger partial charge in [-0.15, -0.1) is 0 Å². The van der Waals surface area contributed by atoms with Crippen molar-refractivity contribution >= 4 is 0 Å². The molecule has 1 fully saturated rings. The number of unbranched alkanes of at least 4 members (excludes halogenated alkanes) is 6. The summed E-state index contributed by atoms with van der Waals surface area (Å²) in [6.07, 6.45) is 12.8. The van der Waals surface area contributed by atoms with Crippen molar-refractivity contribution in [1.82, 2.24) is 10.2 Å². The highest BCUT2D eigenvalue weighted by molar-refractivity contribution is 4.74. The Hall–Kier alpha value is -0.0800. The van der Waals surface area contributed by atoms with E-state index in [4.69, 9.17) is 0 Å². The predicted molar refractivity (Wildman–Crippen MR) is 81.1 cm³/mol. The second kappa shape index (κ2) is 10.8. The summed E-state index contributed by atoms with van der Waals surface area (Å²) >= 11 is 0. The monoisotopic (exact) mass is 254 g/mol. The molecule has 0 saturated carbocycles. The Morgan fingerprint density at radius 1 is 1.06 bits per heavy atom. The van der Waals surface area contributed by atoms with Crippen LogP contribution in [-0.4, -0.2) is 38.1 Å². The smallest absolute Gasteiger partial charge is 0.00218 e.